The van der Waals surface area contributed by atoms with Crippen LogP contribution in [0.2, 0.25) is 0 Å². The molecule has 5 heteroatoms. The molecule has 0 unspecified atom stereocenters. The molecule has 1 aromatic carbocycles. The highest BCUT2D eigenvalue weighted by atomic mass is 16.4. The van der Waals surface area contributed by atoms with Gasteiger partial charge in [-0.1, -0.05) is 38.6 Å². The van der Waals surface area contributed by atoms with Gasteiger partial charge in [-0.25, -0.2) is 9.59 Å². The number of benzene rings is 1. The standard InChI is InChI=1S/C9H12O.2C3H4O2/c1-2-3-8-4-6-9(10)7-5-8;2*1-2-3(4)5/h4-7,10H,2-3H2,1H3;2*2H,1H2,(H,4,5). The second-order valence-corrected chi connectivity index (χ2v) is 3.50. The molecule has 0 bridgehead atoms. The fourth-order valence-corrected chi connectivity index (χ4v) is 0.951. The Hall–Kier alpha value is -2.56. The Kier molecular flexibility index (Phi) is 12.7. The molecule has 5 nitrogen and oxygen atoms in total. The van der Waals surface area contributed by atoms with Gasteiger partial charge in [-0.2, -0.15) is 0 Å². The molecule has 0 aliphatic rings. The summed E-state index contributed by atoms with van der Waals surface area (Å²) in [5, 5.41) is 24.1. The molecule has 0 saturated heterocycles. The molecular weight excluding hydrogens is 260 g/mol. The first-order valence-corrected chi connectivity index (χ1v) is 5.85. The first-order valence-electron chi connectivity index (χ1n) is 5.85. The SMILES string of the molecule is C=CC(=O)O.C=CC(=O)O.CCCc1ccc(O)cc1. The number of rotatable bonds is 4. The van der Waals surface area contributed by atoms with Gasteiger partial charge in [-0.3, -0.25) is 0 Å². The molecule has 1 rings (SSSR count). The van der Waals surface area contributed by atoms with Crippen molar-refractivity contribution in [2.45, 2.75) is 19.8 Å². The van der Waals surface area contributed by atoms with Crippen LogP contribution in [0.25, 0.3) is 0 Å². The number of carbonyl (C=O) groups is 2. The summed E-state index contributed by atoms with van der Waals surface area (Å²) in [5.74, 6) is -1.62. The van der Waals surface area contributed by atoms with Crippen LogP contribution in [-0.4, -0.2) is 27.3 Å². The zero-order valence-corrected chi connectivity index (χ0v) is 11.5. The average Bonchev–Trinajstić information content (AvgIpc) is 2.43. The highest BCUT2D eigenvalue weighted by molar-refractivity contribution is 5.79. The zero-order valence-electron chi connectivity index (χ0n) is 11.5. The Balaban J connectivity index is 0. The molecule has 0 aromatic heterocycles. The summed E-state index contributed by atoms with van der Waals surface area (Å²) in [5.41, 5.74) is 1.29. The van der Waals surface area contributed by atoms with Crippen molar-refractivity contribution in [2.75, 3.05) is 0 Å². The number of phenols is 1. The Labute approximate surface area is 118 Å². The maximum Gasteiger partial charge on any atom is 0.327 e. The third-order valence-corrected chi connectivity index (χ3v) is 1.82. The van der Waals surface area contributed by atoms with Crippen LogP contribution in [0.4, 0.5) is 0 Å². The molecule has 0 heterocycles. The fraction of sp³-hybridized carbons (Fsp3) is 0.200. The fourth-order valence-electron chi connectivity index (χ4n) is 0.951. The Bertz CT molecular complexity index is 402. The number of carboxylic acids is 2. The number of carboxylic acid groups (broad SMARTS) is 2. The highest BCUT2D eigenvalue weighted by Crippen LogP contribution is 2.10. The van der Waals surface area contributed by atoms with E-state index in [4.69, 9.17) is 15.3 Å². The molecule has 0 aliphatic heterocycles. The van der Waals surface area contributed by atoms with Gasteiger partial charge in [0.2, 0.25) is 0 Å². The predicted octanol–water partition coefficient (Wildman–Crippen LogP) is 2.86. The summed E-state index contributed by atoms with van der Waals surface area (Å²) >= 11 is 0. The number of aromatic hydroxyl groups is 1. The van der Waals surface area contributed by atoms with Crippen molar-refractivity contribution in [1.29, 1.82) is 0 Å². The smallest absolute Gasteiger partial charge is 0.327 e. The number of hydrogen-bond acceptors (Lipinski definition) is 3. The van der Waals surface area contributed by atoms with Crippen LogP contribution in [0.5, 0.6) is 5.75 Å². The van der Waals surface area contributed by atoms with Gasteiger partial charge in [0.1, 0.15) is 5.75 Å². The topological polar surface area (TPSA) is 94.8 Å². The quantitative estimate of drug-likeness (QED) is 0.737. The van der Waals surface area contributed by atoms with Crippen molar-refractivity contribution in [3.63, 3.8) is 0 Å². The van der Waals surface area contributed by atoms with E-state index in [0.29, 0.717) is 5.75 Å². The number of aliphatic carboxylic acids is 2. The maximum absolute atomic E-state index is 9.25. The lowest BCUT2D eigenvalue weighted by atomic mass is 10.1. The van der Waals surface area contributed by atoms with Gasteiger partial charge in [-0.15, -0.1) is 0 Å². The van der Waals surface area contributed by atoms with Crippen LogP contribution >= 0.6 is 0 Å². The Morgan fingerprint density at radius 2 is 1.40 bits per heavy atom. The minimum atomic E-state index is -0.981. The van der Waals surface area contributed by atoms with E-state index in [1.165, 1.54) is 5.56 Å². The lowest BCUT2D eigenvalue weighted by Crippen LogP contribution is -1.82. The summed E-state index contributed by atoms with van der Waals surface area (Å²) in [6.45, 7) is 8.07. The van der Waals surface area contributed by atoms with Crippen LogP contribution in [0, 0.1) is 0 Å². The summed E-state index contributed by atoms with van der Waals surface area (Å²) in [6, 6.07) is 7.37. The minimum Gasteiger partial charge on any atom is -0.508 e. The molecule has 0 aliphatic carbocycles. The van der Waals surface area contributed by atoms with Gasteiger partial charge >= 0.3 is 11.9 Å². The Morgan fingerprint density at radius 1 is 1.05 bits per heavy atom. The van der Waals surface area contributed by atoms with Crippen molar-refractivity contribution in [3.8, 4) is 5.75 Å². The van der Waals surface area contributed by atoms with E-state index in [1.807, 2.05) is 12.1 Å². The van der Waals surface area contributed by atoms with Crippen LogP contribution < -0.4 is 0 Å². The molecule has 20 heavy (non-hydrogen) atoms. The number of hydrogen-bond donors (Lipinski definition) is 3. The largest absolute Gasteiger partial charge is 0.508 e. The van der Waals surface area contributed by atoms with Crippen molar-refractivity contribution < 1.29 is 24.9 Å². The first-order chi connectivity index (χ1) is 9.37. The van der Waals surface area contributed by atoms with E-state index >= 15 is 0 Å². The van der Waals surface area contributed by atoms with E-state index in [2.05, 4.69) is 20.1 Å². The summed E-state index contributed by atoms with van der Waals surface area (Å²) in [4.78, 5) is 18.5. The maximum atomic E-state index is 9.25. The highest BCUT2D eigenvalue weighted by Gasteiger charge is 1.89. The number of phenolic OH excluding ortho intramolecular Hbond substituents is 1. The second-order valence-electron chi connectivity index (χ2n) is 3.50. The van der Waals surface area contributed by atoms with Crippen LogP contribution in [0.1, 0.15) is 18.9 Å². The van der Waals surface area contributed by atoms with E-state index < -0.39 is 11.9 Å². The van der Waals surface area contributed by atoms with E-state index in [0.717, 1.165) is 25.0 Å². The molecule has 0 atom stereocenters. The van der Waals surface area contributed by atoms with Gasteiger partial charge < -0.3 is 15.3 Å². The summed E-state index contributed by atoms with van der Waals surface area (Å²) in [6.07, 6.45) is 3.92. The second kappa shape index (κ2) is 12.9. The van der Waals surface area contributed by atoms with Crippen molar-refractivity contribution in [3.05, 3.63) is 55.1 Å². The molecule has 110 valence electrons. The average molecular weight is 280 g/mol. The molecular formula is C15H20O5. The normalized spacial score (nSPS) is 8.05. The van der Waals surface area contributed by atoms with Crippen molar-refractivity contribution in [2.24, 2.45) is 0 Å². The Morgan fingerprint density at radius 3 is 1.65 bits per heavy atom. The van der Waals surface area contributed by atoms with Gasteiger partial charge in [0, 0.05) is 12.2 Å². The first kappa shape index (κ1) is 19.8. The van der Waals surface area contributed by atoms with Crippen LogP contribution in [0.15, 0.2) is 49.6 Å². The molecule has 1 aromatic rings. The number of aryl methyl sites for hydroxylation is 1. The van der Waals surface area contributed by atoms with E-state index in [9.17, 15) is 9.59 Å². The minimum absolute atomic E-state index is 0.347. The van der Waals surface area contributed by atoms with E-state index in [1.54, 1.807) is 12.1 Å². The van der Waals surface area contributed by atoms with Gasteiger partial charge in [-0.05, 0) is 24.1 Å². The van der Waals surface area contributed by atoms with Crippen LogP contribution in [-0.2, 0) is 16.0 Å². The van der Waals surface area contributed by atoms with Gasteiger partial charge in [0.25, 0.3) is 0 Å². The molecule has 0 amide bonds. The lowest BCUT2D eigenvalue weighted by molar-refractivity contribution is -0.132. The molecule has 0 radical (unpaired) electrons. The van der Waals surface area contributed by atoms with Gasteiger partial charge in [0.05, 0.1) is 0 Å². The van der Waals surface area contributed by atoms with Crippen LogP contribution in [0.3, 0.4) is 0 Å². The molecule has 0 fully saturated rings. The monoisotopic (exact) mass is 280 g/mol. The summed E-state index contributed by atoms with van der Waals surface area (Å²) in [7, 11) is 0. The van der Waals surface area contributed by atoms with Crippen molar-refractivity contribution in [1.82, 2.24) is 0 Å². The van der Waals surface area contributed by atoms with E-state index in [-0.39, 0.29) is 0 Å². The van der Waals surface area contributed by atoms with Gasteiger partial charge in [0.15, 0.2) is 0 Å². The predicted molar refractivity (Wildman–Crippen MR) is 77.8 cm³/mol. The third kappa shape index (κ3) is 15.4. The molecule has 3 N–H and O–H groups in total. The molecule has 0 spiro atoms. The zero-order chi connectivity index (χ0) is 16.0. The lowest BCUT2D eigenvalue weighted by Gasteiger charge is -1.96. The van der Waals surface area contributed by atoms with Crippen molar-refractivity contribution >= 4 is 11.9 Å². The third-order valence-electron chi connectivity index (χ3n) is 1.82. The molecule has 0 saturated carbocycles. The summed E-state index contributed by atoms with van der Waals surface area (Å²) < 4.78 is 0.